The molecule has 2 N–H and O–H groups in total. The van der Waals surface area contributed by atoms with Crippen molar-refractivity contribution in [3.8, 4) is 0 Å². The maximum Gasteiger partial charge on any atom is 0.131 e. The molecule has 1 heterocycles. The molecule has 65 heavy (non-hydrogen) atoms. The van der Waals surface area contributed by atoms with Crippen LogP contribution in [0.2, 0.25) is 0 Å². The third-order valence-corrected chi connectivity index (χ3v) is 16.0. The van der Waals surface area contributed by atoms with Gasteiger partial charge in [0.05, 0.1) is 6.17 Å². The zero-order chi connectivity index (χ0) is 43.4. The Morgan fingerprint density at radius 3 is 2.51 bits per heavy atom. The minimum absolute atomic E-state index is 0.0838. The summed E-state index contributed by atoms with van der Waals surface area (Å²) in [5, 5.41) is 10.7. The summed E-state index contributed by atoms with van der Waals surface area (Å²) < 4.78 is 0. The van der Waals surface area contributed by atoms with Gasteiger partial charge >= 0.3 is 0 Å². The molecule has 0 radical (unpaired) electrons. The lowest BCUT2D eigenvalue weighted by molar-refractivity contribution is 0.330. The van der Waals surface area contributed by atoms with Gasteiger partial charge in [-0.3, -0.25) is 5.32 Å². The SMILES string of the molecule is C/C=C(\C1CC=C2C=CCCC2=C1C1N=C(C2=CCCC=C2)NC(C2C=CC=CC2)N1)C1C=CC=CC1C1=CC2CC=C(C3C4=C(C=CCC4)c4c3ccc3ccccc43)C=C2C=C1C. The van der Waals surface area contributed by atoms with E-state index in [-0.39, 0.29) is 30.1 Å². The standard InChI is InChI=1S/C62H61N3/c1-3-47(54-34-32-41-19-11-13-25-49(41)59(54)62-64-60(42-20-6-4-7-21-42)63-61(65-62)43-22-8-5-9-23-43)50-26-14-15-27-51(50)56-38-44-30-31-45(37-46(44)36-39(56)2)57-52-28-16-17-29-53(52)58-48-24-12-10-18-40(48)33-35-55(57)58/h3-4,6-8,10-12,14-15,17-20,22-24,26-27,29,31-33,35-38,42,44,50-51,54,57,60,62,64H,5,9,13,16,21,25,28,30,34H2,1-2H3,(H,63,65)/b47-3-. The summed E-state index contributed by atoms with van der Waals surface area (Å²) in [7, 11) is 0. The number of fused-ring (bicyclic) bond motifs is 6. The molecule has 9 aliphatic carbocycles. The van der Waals surface area contributed by atoms with Crippen LogP contribution in [-0.2, 0) is 0 Å². The summed E-state index contributed by atoms with van der Waals surface area (Å²) in [5.41, 5.74) is 19.0. The van der Waals surface area contributed by atoms with Gasteiger partial charge in [0.25, 0.3) is 0 Å². The van der Waals surface area contributed by atoms with Crippen LogP contribution in [0.3, 0.4) is 0 Å². The second kappa shape index (κ2) is 17.1. The summed E-state index contributed by atoms with van der Waals surface area (Å²) in [4.78, 5) is 5.65. The quantitative estimate of drug-likeness (QED) is 0.272. The van der Waals surface area contributed by atoms with Crippen molar-refractivity contribution in [2.75, 3.05) is 0 Å². The highest BCUT2D eigenvalue weighted by atomic mass is 15.3. The van der Waals surface area contributed by atoms with Crippen molar-refractivity contribution in [3.63, 3.8) is 0 Å². The third kappa shape index (κ3) is 7.19. The van der Waals surface area contributed by atoms with Gasteiger partial charge in [-0.25, -0.2) is 4.99 Å². The van der Waals surface area contributed by atoms with Crippen molar-refractivity contribution >= 4 is 22.2 Å². The maximum absolute atomic E-state index is 5.65. The number of hydrogen-bond donors (Lipinski definition) is 2. The molecule has 0 saturated carbocycles. The van der Waals surface area contributed by atoms with E-state index in [1.54, 1.807) is 5.57 Å². The van der Waals surface area contributed by atoms with Crippen LogP contribution in [0, 0.1) is 29.6 Å². The molecule has 1 aliphatic heterocycles. The number of hydrogen-bond acceptors (Lipinski definition) is 3. The van der Waals surface area contributed by atoms with Crippen molar-refractivity contribution < 1.29 is 0 Å². The van der Waals surface area contributed by atoms with Crippen LogP contribution in [0.25, 0.3) is 16.3 Å². The van der Waals surface area contributed by atoms with E-state index in [4.69, 9.17) is 4.99 Å². The van der Waals surface area contributed by atoms with Gasteiger partial charge in [0.1, 0.15) is 12.0 Å². The summed E-state index contributed by atoms with van der Waals surface area (Å²) >= 11 is 0. The first-order valence-corrected chi connectivity index (χ1v) is 24.8. The average Bonchev–Trinajstić information content (AvgIpc) is 3.71. The van der Waals surface area contributed by atoms with Crippen LogP contribution in [0.1, 0.15) is 88.7 Å². The first kappa shape index (κ1) is 40.5. The van der Waals surface area contributed by atoms with Gasteiger partial charge in [-0.2, -0.15) is 0 Å². The van der Waals surface area contributed by atoms with Gasteiger partial charge in [0, 0.05) is 41.1 Å². The predicted molar refractivity (Wildman–Crippen MR) is 273 cm³/mol. The largest absolute Gasteiger partial charge is 0.354 e. The van der Waals surface area contributed by atoms with E-state index in [9.17, 15) is 0 Å². The Kier molecular flexibility index (Phi) is 10.6. The number of benzene rings is 2. The molecule has 3 nitrogen and oxygen atoms in total. The van der Waals surface area contributed by atoms with Gasteiger partial charge < -0.3 is 5.32 Å². The molecule has 10 aliphatic rings. The lowest BCUT2D eigenvalue weighted by Crippen LogP contribution is -2.58. The molecule has 2 aromatic carbocycles. The fraction of sp³-hybridized carbons (Fsp3) is 0.306. The lowest BCUT2D eigenvalue weighted by Gasteiger charge is -2.43. The molecule has 12 rings (SSSR count). The Morgan fingerprint density at radius 2 is 1.62 bits per heavy atom. The van der Waals surface area contributed by atoms with E-state index in [0.29, 0.717) is 17.8 Å². The van der Waals surface area contributed by atoms with Crippen molar-refractivity contribution in [1.82, 2.24) is 10.6 Å². The van der Waals surface area contributed by atoms with Crippen LogP contribution in [0.15, 0.2) is 225 Å². The number of nitrogens with zero attached hydrogens (tertiary/aromatic N) is 1. The Labute approximate surface area is 386 Å². The Bertz CT molecular complexity index is 2910. The van der Waals surface area contributed by atoms with Gasteiger partial charge in [0.15, 0.2) is 0 Å². The molecular formula is C62H61N3. The fourth-order valence-electron chi connectivity index (χ4n) is 13.0. The van der Waals surface area contributed by atoms with Crippen molar-refractivity contribution in [2.24, 2.45) is 34.6 Å². The number of aliphatic imine (C=N–C) groups is 1. The van der Waals surface area contributed by atoms with Crippen LogP contribution in [0.4, 0.5) is 0 Å². The average molecular weight is 848 g/mol. The van der Waals surface area contributed by atoms with Crippen LogP contribution in [0.5, 0.6) is 0 Å². The highest BCUT2D eigenvalue weighted by Crippen LogP contribution is 2.54. The second-order valence-electron chi connectivity index (χ2n) is 19.7. The lowest BCUT2D eigenvalue weighted by atomic mass is 9.66. The molecule has 0 aromatic heterocycles. The zero-order valence-electron chi connectivity index (χ0n) is 38.0. The molecule has 3 heteroatoms. The summed E-state index contributed by atoms with van der Waals surface area (Å²) in [5.74, 6) is 2.85. The maximum atomic E-state index is 5.65. The van der Waals surface area contributed by atoms with E-state index < -0.39 is 0 Å². The summed E-state index contributed by atoms with van der Waals surface area (Å²) in [6, 6.07) is 13.7. The Morgan fingerprint density at radius 1 is 0.754 bits per heavy atom. The minimum Gasteiger partial charge on any atom is -0.354 e. The fourth-order valence-corrected chi connectivity index (χ4v) is 13.0. The number of amidine groups is 1. The molecular weight excluding hydrogens is 787 g/mol. The molecule has 2 aromatic rings. The number of nitrogens with one attached hydrogen (secondary N) is 2. The van der Waals surface area contributed by atoms with E-state index in [0.717, 1.165) is 63.6 Å². The molecule has 8 unspecified atom stereocenters. The Balaban J connectivity index is 0.868. The van der Waals surface area contributed by atoms with Crippen LogP contribution in [-0.4, -0.2) is 18.2 Å². The zero-order valence-corrected chi connectivity index (χ0v) is 38.0. The van der Waals surface area contributed by atoms with E-state index >= 15 is 0 Å². The molecule has 8 atom stereocenters. The first-order chi connectivity index (χ1) is 32.1. The molecule has 0 amide bonds. The minimum atomic E-state index is -0.119. The van der Waals surface area contributed by atoms with Crippen LogP contribution >= 0.6 is 0 Å². The van der Waals surface area contributed by atoms with Gasteiger partial charge in [-0.05, 0) is 138 Å². The second-order valence-corrected chi connectivity index (χ2v) is 19.7. The normalized spacial score (nSPS) is 31.2. The number of rotatable bonds is 7. The molecule has 0 spiro atoms. The first-order valence-electron chi connectivity index (χ1n) is 24.8. The predicted octanol–water partition coefficient (Wildman–Crippen LogP) is 14.3. The van der Waals surface area contributed by atoms with E-state index in [1.165, 1.54) is 77.6 Å². The Hall–Kier alpha value is -6.03. The monoisotopic (exact) mass is 847 g/mol. The summed E-state index contributed by atoms with van der Waals surface area (Å²) in [6.45, 7) is 4.67. The number of allylic oxidation sites excluding steroid dienone is 28. The van der Waals surface area contributed by atoms with Crippen molar-refractivity contribution in [2.45, 2.75) is 89.9 Å². The van der Waals surface area contributed by atoms with Gasteiger partial charge in [0.2, 0.25) is 0 Å². The highest BCUT2D eigenvalue weighted by molar-refractivity contribution is 6.03. The molecule has 324 valence electrons. The third-order valence-electron chi connectivity index (χ3n) is 16.0. The van der Waals surface area contributed by atoms with Crippen molar-refractivity contribution in [1.29, 1.82) is 0 Å². The van der Waals surface area contributed by atoms with E-state index in [1.807, 2.05) is 0 Å². The summed E-state index contributed by atoms with van der Waals surface area (Å²) in [6.07, 6.45) is 60.2. The van der Waals surface area contributed by atoms with E-state index in [2.05, 4.69) is 188 Å². The molecule has 0 bridgehead atoms. The van der Waals surface area contributed by atoms with Crippen molar-refractivity contribution in [3.05, 3.63) is 231 Å². The van der Waals surface area contributed by atoms with Gasteiger partial charge in [-0.15, -0.1) is 0 Å². The highest BCUT2D eigenvalue weighted by Gasteiger charge is 2.41. The van der Waals surface area contributed by atoms with Crippen LogP contribution < -0.4 is 10.6 Å². The van der Waals surface area contributed by atoms with Gasteiger partial charge in [-0.1, -0.05) is 175 Å². The molecule has 0 saturated heterocycles. The topological polar surface area (TPSA) is 36.4 Å². The smallest absolute Gasteiger partial charge is 0.131 e. The molecule has 0 fully saturated rings.